The van der Waals surface area contributed by atoms with Gasteiger partial charge in [-0.15, -0.1) is 0 Å². The van der Waals surface area contributed by atoms with Crippen LogP contribution in [0.1, 0.15) is 20.7 Å². The normalized spacial score (nSPS) is 10.5. The molecule has 0 atom stereocenters. The van der Waals surface area contributed by atoms with Crippen LogP contribution in [0.25, 0.3) is 0 Å². The van der Waals surface area contributed by atoms with Gasteiger partial charge in [-0.05, 0) is 160 Å². The van der Waals surface area contributed by atoms with Crippen LogP contribution >= 0.6 is 136 Å². The summed E-state index contributed by atoms with van der Waals surface area (Å²) < 4.78 is 30.1. The Morgan fingerprint density at radius 2 is 0.838 bits per heavy atom. The number of carbonyl (C=O) groups excluding carboxylic acids is 4. The molecule has 0 aliphatic rings. The second-order valence-corrected chi connectivity index (χ2v) is 13.8. The largest absolute Gasteiger partial charge is 0.461 e. The molecule has 0 heterocycles. The summed E-state index contributed by atoms with van der Waals surface area (Å²) >= 11 is 12.5. The number of hydrogen-bond acceptors (Lipinski definition) is 9. The minimum Gasteiger partial charge on any atom is -0.461 e. The summed E-state index contributed by atoms with van der Waals surface area (Å²) in [5.41, 5.74) is 0.808. The first-order valence-electron chi connectivity index (χ1n) is 10.0. The molecule has 200 valence electrons. The summed E-state index contributed by atoms with van der Waals surface area (Å²) in [4.78, 5) is 48.1. The molecule has 2 aromatic rings. The predicted octanol–water partition coefficient (Wildman–Crippen LogP) is 5.43. The predicted molar refractivity (Wildman–Crippen MR) is 182 cm³/mol. The van der Waals surface area contributed by atoms with E-state index in [0.717, 1.165) is 21.4 Å². The SMILES string of the molecule is O=C(COC(=O)c1c(I)cc(I)cc1I)OCCOCCOC(=O)COC(=O)c1c(I)cc(I)cc1I. The number of hydrogen-bond donors (Lipinski definition) is 0. The maximum Gasteiger partial charge on any atom is 0.344 e. The monoisotopic (exact) mass is 1190 g/mol. The average molecular weight is 1190 g/mol. The smallest absolute Gasteiger partial charge is 0.344 e. The minimum atomic E-state index is -0.710. The molecule has 2 rings (SSSR count). The zero-order valence-corrected chi connectivity index (χ0v) is 31.4. The zero-order chi connectivity index (χ0) is 27.5. The van der Waals surface area contributed by atoms with Crippen molar-refractivity contribution < 1.29 is 42.9 Å². The van der Waals surface area contributed by atoms with Gasteiger partial charge in [0.15, 0.2) is 13.2 Å². The summed E-state index contributed by atoms with van der Waals surface area (Å²) in [7, 11) is 0. The number of benzene rings is 2. The first kappa shape index (κ1) is 33.9. The van der Waals surface area contributed by atoms with Crippen molar-refractivity contribution in [3.8, 4) is 0 Å². The second kappa shape index (κ2) is 17.5. The van der Waals surface area contributed by atoms with Gasteiger partial charge in [-0.2, -0.15) is 0 Å². The fourth-order valence-electron chi connectivity index (χ4n) is 2.48. The van der Waals surface area contributed by atoms with Gasteiger partial charge in [-0.3, -0.25) is 0 Å². The molecule has 0 spiro atoms. The molecule has 9 nitrogen and oxygen atoms in total. The van der Waals surface area contributed by atoms with Crippen molar-refractivity contribution in [1.82, 2.24) is 0 Å². The second-order valence-electron chi connectivity index (χ2n) is 6.69. The Hall–Kier alpha value is 0.660. The third-order valence-corrected chi connectivity index (χ3v) is 8.69. The number of esters is 4. The van der Waals surface area contributed by atoms with E-state index in [2.05, 4.69) is 45.2 Å². The van der Waals surface area contributed by atoms with E-state index in [0.29, 0.717) is 11.1 Å². The van der Waals surface area contributed by atoms with Gasteiger partial charge >= 0.3 is 23.9 Å². The Labute approximate surface area is 294 Å². The molecule has 2 aromatic carbocycles. The first-order chi connectivity index (χ1) is 17.5. The van der Waals surface area contributed by atoms with E-state index in [-0.39, 0.29) is 26.4 Å². The third kappa shape index (κ3) is 12.0. The van der Waals surface area contributed by atoms with Crippen LogP contribution in [0, 0.1) is 21.4 Å². The maximum atomic E-state index is 12.3. The Balaban J connectivity index is 1.56. The summed E-state index contributed by atoms with van der Waals surface area (Å²) in [6.45, 7) is -1.05. The van der Waals surface area contributed by atoms with Crippen LogP contribution in [0.2, 0.25) is 0 Å². The molecular formula is C22H16I6O9. The highest BCUT2D eigenvalue weighted by atomic mass is 127. The van der Waals surface area contributed by atoms with Gasteiger partial charge in [-0.25, -0.2) is 19.2 Å². The van der Waals surface area contributed by atoms with Crippen molar-refractivity contribution in [2.24, 2.45) is 0 Å². The molecule has 0 N–H and O–H groups in total. The summed E-state index contributed by atoms with van der Waals surface area (Å²) in [5.74, 6) is -2.63. The Morgan fingerprint density at radius 3 is 1.16 bits per heavy atom. The van der Waals surface area contributed by atoms with E-state index in [1.54, 1.807) is 0 Å². The van der Waals surface area contributed by atoms with Crippen molar-refractivity contribution in [2.75, 3.05) is 39.6 Å². The summed E-state index contributed by atoms with van der Waals surface area (Å²) in [5, 5.41) is 0. The molecule has 0 saturated heterocycles. The molecule has 15 heteroatoms. The lowest BCUT2D eigenvalue weighted by molar-refractivity contribution is -0.150. The van der Waals surface area contributed by atoms with Gasteiger partial charge < -0.3 is 23.7 Å². The molecule has 0 unspecified atom stereocenters. The van der Waals surface area contributed by atoms with Crippen LogP contribution < -0.4 is 0 Å². The Kier molecular flexibility index (Phi) is 16.0. The average Bonchev–Trinajstić information content (AvgIpc) is 2.79. The van der Waals surface area contributed by atoms with Crippen LogP contribution in [0.4, 0.5) is 0 Å². The fourth-order valence-corrected chi connectivity index (χ4v) is 10.5. The van der Waals surface area contributed by atoms with Crippen LogP contribution in [0.3, 0.4) is 0 Å². The molecule has 0 radical (unpaired) electrons. The molecule has 0 bridgehead atoms. The molecule has 37 heavy (non-hydrogen) atoms. The highest BCUT2D eigenvalue weighted by Crippen LogP contribution is 2.24. The van der Waals surface area contributed by atoms with Crippen molar-refractivity contribution in [3.63, 3.8) is 0 Å². The molecular weight excluding hydrogens is 1170 g/mol. The molecule has 0 aromatic heterocycles. The molecule has 0 amide bonds. The summed E-state index contributed by atoms with van der Waals surface area (Å²) in [6.07, 6.45) is 0. The van der Waals surface area contributed by atoms with Gasteiger partial charge in [0, 0.05) is 21.4 Å². The zero-order valence-electron chi connectivity index (χ0n) is 18.5. The number of ether oxygens (including phenoxy) is 5. The molecule has 0 saturated carbocycles. The quantitative estimate of drug-likeness (QED) is 0.119. The molecule has 0 aliphatic heterocycles. The van der Waals surface area contributed by atoms with Gasteiger partial charge in [0.1, 0.15) is 13.2 Å². The topological polar surface area (TPSA) is 114 Å². The third-order valence-electron chi connectivity index (χ3n) is 4.05. The van der Waals surface area contributed by atoms with Crippen molar-refractivity contribution in [1.29, 1.82) is 0 Å². The first-order valence-corrected chi connectivity index (χ1v) is 16.5. The lowest BCUT2D eigenvalue weighted by Gasteiger charge is -2.10. The molecule has 0 fully saturated rings. The number of rotatable bonds is 12. The van der Waals surface area contributed by atoms with E-state index >= 15 is 0 Å². The highest BCUT2D eigenvalue weighted by molar-refractivity contribution is 14.1. The Bertz CT molecular complexity index is 1040. The standard InChI is InChI=1S/C22H16I6O9/c23-11-5-13(25)19(14(26)6-11)21(31)36-9-17(29)34-3-1-33-2-4-35-18(30)10-37-22(32)20-15(27)7-12(24)8-16(20)28/h5-8H,1-4,9-10H2. The lowest BCUT2D eigenvalue weighted by atomic mass is 10.2. The number of carbonyl (C=O) groups is 4. The van der Waals surface area contributed by atoms with Gasteiger partial charge in [0.2, 0.25) is 0 Å². The van der Waals surface area contributed by atoms with Crippen LogP contribution in [-0.2, 0) is 33.3 Å². The van der Waals surface area contributed by atoms with E-state index in [1.165, 1.54) is 0 Å². The van der Waals surface area contributed by atoms with Gasteiger partial charge in [0.05, 0.1) is 24.3 Å². The minimum absolute atomic E-state index is 0.0584. The van der Waals surface area contributed by atoms with E-state index in [9.17, 15) is 19.2 Å². The molecule has 0 aliphatic carbocycles. The van der Waals surface area contributed by atoms with Crippen LogP contribution in [-0.4, -0.2) is 63.5 Å². The van der Waals surface area contributed by atoms with Crippen LogP contribution in [0.5, 0.6) is 0 Å². The van der Waals surface area contributed by atoms with Gasteiger partial charge in [-0.1, -0.05) is 0 Å². The Morgan fingerprint density at radius 1 is 0.514 bits per heavy atom. The lowest BCUT2D eigenvalue weighted by Crippen LogP contribution is -2.21. The number of halogens is 6. The van der Waals surface area contributed by atoms with E-state index < -0.39 is 37.1 Å². The van der Waals surface area contributed by atoms with Crippen LogP contribution in [0.15, 0.2) is 24.3 Å². The van der Waals surface area contributed by atoms with E-state index in [1.807, 2.05) is 115 Å². The maximum absolute atomic E-state index is 12.3. The highest BCUT2D eigenvalue weighted by Gasteiger charge is 2.19. The van der Waals surface area contributed by atoms with Gasteiger partial charge in [0.25, 0.3) is 0 Å². The fraction of sp³-hybridized carbons (Fsp3) is 0.273. The van der Waals surface area contributed by atoms with E-state index in [4.69, 9.17) is 23.7 Å². The summed E-state index contributed by atoms with van der Waals surface area (Å²) in [6, 6.07) is 7.36. The van der Waals surface area contributed by atoms with Crippen molar-refractivity contribution in [3.05, 3.63) is 56.8 Å². The van der Waals surface area contributed by atoms with Crippen molar-refractivity contribution >= 4 is 159 Å². The van der Waals surface area contributed by atoms with Crippen molar-refractivity contribution in [2.45, 2.75) is 0 Å².